The van der Waals surface area contributed by atoms with E-state index in [4.69, 9.17) is 0 Å². The van der Waals surface area contributed by atoms with Crippen LogP contribution in [0.3, 0.4) is 0 Å². The molecule has 1 N–H and O–H groups in total. The van der Waals surface area contributed by atoms with E-state index in [0.717, 1.165) is 43.5 Å². The summed E-state index contributed by atoms with van der Waals surface area (Å²) < 4.78 is 0. The van der Waals surface area contributed by atoms with Crippen molar-refractivity contribution < 1.29 is 4.79 Å². The molecule has 114 valence electrons. The highest BCUT2D eigenvalue weighted by molar-refractivity contribution is 6.42. The molecule has 0 saturated carbocycles. The maximum Gasteiger partial charge on any atom is 0.341 e. The third-order valence-corrected chi connectivity index (χ3v) is 3.09. The minimum Gasteiger partial charge on any atom is -0.330 e. The van der Waals surface area contributed by atoms with Crippen LogP contribution in [0, 0.1) is 0 Å². The lowest BCUT2D eigenvalue weighted by Crippen LogP contribution is -2.32. The number of hydrogen-bond donors (Lipinski definition) is 1. The number of aliphatic imine (C=N–C) groups is 2. The smallest absolute Gasteiger partial charge is 0.330 e. The molecule has 0 bridgehead atoms. The first-order valence-electron chi connectivity index (χ1n) is 7.53. The van der Waals surface area contributed by atoms with Gasteiger partial charge >= 0.3 is 6.03 Å². The van der Waals surface area contributed by atoms with Crippen LogP contribution in [0.2, 0.25) is 0 Å². The van der Waals surface area contributed by atoms with Crippen molar-refractivity contribution in [3.05, 3.63) is 12.2 Å². The van der Waals surface area contributed by atoms with Crippen LogP contribution in [0.1, 0.15) is 59.8 Å². The lowest BCUT2D eigenvalue weighted by molar-refractivity contribution is 0.247. The van der Waals surface area contributed by atoms with E-state index in [1.54, 1.807) is 7.05 Å². The molecule has 0 heterocycles. The molecule has 0 aromatic rings. The summed E-state index contributed by atoms with van der Waals surface area (Å²) in [5, 5.41) is 2.94. The monoisotopic (exact) mass is 279 g/mol. The Morgan fingerprint density at radius 2 is 2.00 bits per heavy atom. The van der Waals surface area contributed by atoms with E-state index in [1.807, 2.05) is 26.0 Å². The fraction of sp³-hybridized carbons (Fsp3) is 0.688. The van der Waals surface area contributed by atoms with E-state index in [1.165, 1.54) is 0 Å². The zero-order chi connectivity index (χ0) is 15.4. The van der Waals surface area contributed by atoms with Crippen LogP contribution < -0.4 is 5.32 Å². The summed E-state index contributed by atoms with van der Waals surface area (Å²) in [6.07, 6.45) is 8.81. The second kappa shape index (κ2) is 11.4. The lowest BCUT2D eigenvalue weighted by Gasteiger charge is -2.13. The van der Waals surface area contributed by atoms with Crippen molar-refractivity contribution in [1.29, 1.82) is 0 Å². The number of carbonyl (C=O) groups is 1. The van der Waals surface area contributed by atoms with E-state index in [9.17, 15) is 4.79 Å². The molecule has 0 aliphatic heterocycles. The van der Waals surface area contributed by atoms with Gasteiger partial charge in [-0.1, -0.05) is 38.8 Å². The molecule has 0 fully saturated rings. The number of urea groups is 1. The van der Waals surface area contributed by atoms with Crippen LogP contribution in [-0.2, 0) is 0 Å². The Balaban J connectivity index is 4.80. The van der Waals surface area contributed by atoms with Crippen LogP contribution in [0.5, 0.6) is 0 Å². The van der Waals surface area contributed by atoms with Crippen molar-refractivity contribution in [2.24, 2.45) is 9.98 Å². The fourth-order valence-electron chi connectivity index (χ4n) is 1.86. The van der Waals surface area contributed by atoms with E-state index in [0.29, 0.717) is 0 Å². The van der Waals surface area contributed by atoms with Gasteiger partial charge in [0.1, 0.15) is 0 Å². The Morgan fingerprint density at radius 3 is 2.50 bits per heavy atom. The zero-order valence-electron chi connectivity index (χ0n) is 13.6. The first-order chi connectivity index (χ1) is 9.58. The second-order valence-electron chi connectivity index (χ2n) is 4.84. The topological polar surface area (TPSA) is 53.8 Å². The van der Waals surface area contributed by atoms with E-state index in [-0.39, 0.29) is 12.1 Å². The maximum absolute atomic E-state index is 12.0. The Labute approximate surface area is 123 Å². The van der Waals surface area contributed by atoms with Gasteiger partial charge in [-0.3, -0.25) is 4.99 Å². The van der Waals surface area contributed by atoms with Crippen LogP contribution in [0.15, 0.2) is 22.1 Å². The molecular weight excluding hydrogens is 250 g/mol. The van der Waals surface area contributed by atoms with Crippen molar-refractivity contribution in [3.63, 3.8) is 0 Å². The maximum atomic E-state index is 12.0. The van der Waals surface area contributed by atoms with Gasteiger partial charge in [0.15, 0.2) is 0 Å². The number of nitrogens with zero attached hydrogens (tertiary/aromatic N) is 2. The molecule has 1 atom stereocenters. The van der Waals surface area contributed by atoms with Gasteiger partial charge in [0, 0.05) is 13.1 Å². The molecule has 20 heavy (non-hydrogen) atoms. The summed E-state index contributed by atoms with van der Waals surface area (Å²) in [7, 11) is 1.73. The molecule has 0 aliphatic carbocycles. The summed E-state index contributed by atoms with van der Waals surface area (Å²) in [5.41, 5.74) is 1.63. The molecule has 0 rings (SSSR count). The highest BCUT2D eigenvalue weighted by atomic mass is 16.2. The number of nitrogens with one attached hydrogen (secondary N) is 1. The Kier molecular flexibility index (Phi) is 10.6. The van der Waals surface area contributed by atoms with Gasteiger partial charge in [-0.2, -0.15) is 4.99 Å². The first kappa shape index (κ1) is 18.6. The van der Waals surface area contributed by atoms with Crippen LogP contribution in [0.25, 0.3) is 0 Å². The molecule has 4 heteroatoms. The average molecular weight is 279 g/mol. The van der Waals surface area contributed by atoms with Gasteiger partial charge in [0.25, 0.3) is 0 Å². The molecule has 0 aliphatic rings. The minimum absolute atomic E-state index is 0.0625. The third-order valence-electron chi connectivity index (χ3n) is 3.09. The summed E-state index contributed by atoms with van der Waals surface area (Å²) in [6, 6.07) is -0.205. The summed E-state index contributed by atoms with van der Waals surface area (Å²) in [5.74, 6) is 0. The number of amides is 2. The predicted molar refractivity (Wildman–Crippen MR) is 88.0 cm³/mol. The number of unbranched alkanes of at least 4 members (excludes halogenated alkanes) is 1. The third kappa shape index (κ3) is 7.87. The fourth-order valence-corrected chi connectivity index (χ4v) is 1.86. The van der Waals surface area contributed by atoms with Crippen molar-refractivity contribution in [2.75, 3.05) is 7.05 Å². The molecule has 0 spiro atoms. The lowest BCUT2D eigenvalue weighted by atomic mass is 10.1. The highest BCUT2D eigenvalue weighted by Gasteiger charge is 2.10. The Hall–Kier alpha value is -1.45. The molecule has 1 unspecified atom stereocenters. The van der Waals surface area contributed by atoms with Gasteiger partial charge in [-0.25, -0.2) is 4.79 Å². The quantitative estimate of drug-likeness (QED) is 0.526. The molecule has 2 amide bonds. The van der Waals surface area contributed by atoms with Gasteiger partial charge in [-0.05, 0) is 33.1 Å². The Bertz CT molecular complexity index is 370. The van der Waals surface area contributed by atoms with Crippen molar-refractivity contribution >= 4 is 17.5 Å². The SMILES string of the molecule is CC=CC(CCC)NC(=O)N=C(CCCC)C(C)=NC. The van der Waals surface area contributed by atoms with E-state index < -0.39 is 0 Å². The summed E-state index contributed by atoms with van der Waals surface area (Å²) in [4.78, 5) is 20.3. The molecule has 0 radical (unpaired) electrons. The van der Waals surface area contributed by atoms with E-state index in [2.05, 4.69) is 29.1 Å². The molecule has 4 nitrogen and oxygen atoms in total. The van der Waals surface area contributed by atoms with Crippen molar-refractivity contribution in [1.82, 2.24) is 5.32 Å². The molecule has 0 aromatic heterocycles. The Morgan fingerprint density at radius 1 is 1.30 bits per heavy atom. The van der Waals surface area contributed by atoms with Crippen LogP contribution in [-0.4, -0.2) is 30.5 Å². The zero-order valence-corrected chi connectivity index (χ0v) is 13.6. The average Bonchev–Trinajstić information content (AvgIpc) is 2.43. The van der Waals surface area contributed by atoms with Gasteiger partial charge in [0.2, 0.25) is 0 Å². The predicted octanol–water partition coefficient (Wildman–Crippen LogP) is 4.16. The largest absolute Gasteiger partial charge is 0.341 e. The normalized spacial score (nSPS) is 14.7. The van der Waals surface area contributed by atoms with Gasteiger partial charge < -0.3 is 5.32 Å². The number of allylic oxidation sites excluding steroid dienone is 1. The molecule has 0 aromatic carbocycles. The second-order valence-corrected chi connectivity index (χ2v) is 4.84. The van der Waals surface area contributed by atoms with Crippen molar-refractivity contribution in [2.45, 2.75) is 65.8 Å². The van der Waals surface area contributed by atoms with Crippen molar-refractivity contribution in [3.8, 4) is 0 Å². The number of rotatable bonds is 8. The summed E-state index contributed by atoms with van der Waals surface area (Å²) in [6.45, 7) is 8.09. The number of hydrogen-bond acceptors (Lipinski definition) is 2. The summed E-state index contributed by atoms with van der Waals surface area (Å²) >= 11 is 0. The standard InChI is InChI=1S/C16H29N3O/c1-6-9-12-15(13(4)17-5)19-16(20)18-14(10-7-2)11-8-3/h7,10,14H,6,8-9,11-12H2,1-5H3,(H,18,20). The van der Waals surface area contributed by atoms with Gasteiger partial charge in [0.05, 0.1) is 11.4 Å². The van der Waals surface area contributed by atoms with Crippen LogP contribution in [0.4, 0.5) is 4.79 Å². The first-order valence-corrected chi connectivity index (χ1v) is 7.53. The minimum atomic E-state index is -0.268. The van der Waals surface area contributed by atoms with Gasteiger partial charge in [-0.15, -0.1) is 0 Å². The molecular formula is C16H29N3O. The molecule has 0 saturated heterocycles. The van der Waals surface area contributed by atoms with Crippen LogP contribution >= 0.6 is 0 Å². The number of carbonyl (C=O) groups excluding carboxylic acids is 1. The van der Waals surface area contributed by atoms with E-state index >= 15 is 0 Å². The highest BCUT2D eigenvalue weighted by Crippen LogP contribution is 2.02.